The summed E-state index contributed by atoms with van der Waals surface area (Å²) in [6.07, 6.45) is -2.81. The summed E-state index contributed by atoms with van der Waals surface area (Å²) in [5, 5.41) is 6.46. The quantitative estimate of drug-likeness (QED) is 0.841. The van der Waals surface area contributed by atoms with Crippen molar-refractivity contribution in [2.24, 2.45) is 10.5 Å². The summed E-state index contributed by atoms with van der Waals surface area (Å²) in [6.45, 7) is 7.65. The van der Waals surface area contributed by atoms with Crippen LogP contribution < -0.4 is 5.32 Å². The van der Waals surface area contributed by atoms with Crippen LogP contribution in [0.4, 0.5) is 13.2 Å². The van der Waals surface area contributed by atoms with Crippen molar-refractivity contribution >= 4 is 12.3 Å². The van der Waals surface area contributed by atoms with Crippen LogP contribution in [0.5, 0.6) is 0 Å². The Morgan fingerprint density at radius 3 is 2.63 bits per heavy atom. The number of rotatable bonds is 2. The number of halogens is 3. The molecule has 0 fully saturated rings. The highest BCUT2D eigenvalue weighted by molar-refractivity contribution is 5.72. The number of nitrogens with one attached hydrogen (secondary N) is 1. The van der Waals surface area contributed by atoms with Gasteiger partial charge in [0.15, 0.2) is 5.82 Å². The highest BCUT2D eigenvalue weighted by Gasteiger charge is 2.57. The molecule has 2 rings (SSSR count). The largest absolute Gasteiger partial charge is 0.400 e. The van der Waals surface area contributed by atoms with E-state index in [2.05, 4.69) is 22.1 Å². The second kappa shape index (κ2) is 4.11. The maximum atomic E-state index is 13.3. The Morgan fingerprint density at radius 1 is 1.47 bits per heavy atom. The molecule has 104 valence electrons. The van der Waals surface area contributed by atoms with Crippen molar-refractivity contribution in [3.8, 4) is 0 Å². The van der Waals surface area contributed by atoms with Crippen molar-refractivity contribution in [2.45, 2.75) is 26.9 Å². The molecule has 1 atom stereocenters. The molecule has 0 saturated heterocycles. The number of allylic oxidation sites excluding steroid dienone is 1. The molecule has 4 nitrogen and oxygen atoms in total. The Labute approximate surface area is 109 Å². The number of aromatic nitrogens is 2. The van der Waals surface area contributed by atoms with Gasteiger partial charge in [-0.2, -0.15) is 18.3 Å². The van der Waals surface area contributed by atoms with E-state index in [4.69, 9.17) is 0 Å². The van der Waals surface area contributed by atoms with Crippen LogP contribution in [-0.4, -0.2) is 29.1 Å². The third-order valence-electron chi connectivity index (χ3n) is 3.44. The molecule has 1 aromatic heterocycles. The fraction of sp³-hybridized carbons (Fsp3) is 0.500. The minimum absolute atomic E-state index is 0.125. The first kappa shape index (κ1) is 13.6. The summed E-state index contributed by atoms with van der Waals surface area (Å²) in [5.74, 6) is 0.190. The maximum Gasteiger partial charge on any atom is 0.400 e. The normalized spacial score (nSPS) is 23.7. The van der Waals surface area contributed by atoms with Gasteiger partial charge in [-0.3, -0.25) is 0 Å². The molecule has 0 radical (unpaired) electrons. The topological polar surface area (TPSA) is 42.2 Å². The van der Waals surface area contributed by atoms with Crippen LogP contribution in [0.1, 0.15) is 25.4 Å². The summed E-state index contributed by atoms with van der Waals surface area (Å²) in [6, 6.07) is 0. The summed E-state index contributed by atoms with van der Waals surface area (Å²) in [7, 11) is 0. The van der Waals surface area contributed by atoms with Crippen molar-refractivity contribution in [3.63, 3.8) is 0 Å². The van der Waals surface area contributed by atoms with Crippen LogP contribution in [0, 0.1) is 12.3 Å². The summed E-state index contributed by atoms with van der Waals surface area (Å²) >= 11 is 0. The van der Waals surface area contributed by atoms with E-state index in [0.29, 0.717) is 11.4 Å². The molecule has 1 unspecified atom stereocenters. The van der Waals surface area contributed by atoms with E-state index in [1.54, 1.807) is 20.0 Å². The van der Waals surface area contributed by atoms with Gasteiger partial charge in [-0.25, -0.2) is 9.66 Å². The predicted octanol–water partition coefficient (Wildman–Crippen LogP) is 2.56. The van der Waals surface area contributed by atoms with Crippen LogP contribution in [0.15, 0.2) is 17.0 Å². The first-order valence-corrected chi connectivity index (χ1v) is 5.76. The number of nitrogens with zero attached hydrogens (tertiary/aromatic N) is 3. The van der Waals surface area contributed by atoms with Crippen LogP contribution in [0.25, 0.3) is 5.57 Å². The molecule has 0 aliphatic carbocycles. The van der Waals surface area contributed by atoms with E-state index < -0.39 is 11.6 Å². The van der Waals surface area contributed by atoms with Crippen molar-refractivity contribution in [3.05, 3.63) is 23.4 Å². The van der Waals surface area contributed by atoms with Crippen LogP contribution in [0.2, 0.25) is 0 Å². The Bertz CT molecular complexity index is 556. The van der Waals surface area contributed by atoms with Gasteiger partial charge in [-0.15, -0.1) is 0 Å². The van der Waals surface area contributed by atoms with Crippen LogP contribution >= 0.6 is 0 Å². The van der Waals surface area contributed by atoms with E-state index in [0.717, 1.165) is 0 Å². The average Bonchev–Trinajstić information content (AvgIpc) is 2.79. The molecule has 0 amide bonds. The lowest BCUT2D eigenvalue weighted by Crippen LogP contribution is -2.39. The minimum Gasteiger partial charge on any atom is -0.387 e. The first-order valence-electron chi connectivity index (χ1n) is 5.76. The molecule has 0 saturated carbocycles. The number of alkyl halides is 3. The third-order valence-corrected chi connectivity index (χ3v) is 3.44. The van der Waals surface area contributed by atoms with E-state index in [9.17, 15) is 13.2 Å². The lowest BCUT2D eigenvalue weighted by molar-refractivity contribution is -0.191. The molecule has 19 heavy (non-hydrogen) atoms. The fourth-order valence-corrected chi connectivity index (χ4v) is 2.32. The first-order chi connectivity index (χ1) is 8.70. The van der Waals surface area contributed by atoms with E-state index >= 15 is 0 Å². The van der Waals surface area contributed by atoms with E-state index in [-0.39, 0.29) is 17.9 Å². The SMILES string of the molecule is C=Nn1cc(C)nc1C1=C(C)NCC1(C)C(F)(F)F. The van der Waals surface area contributed by atoms with Crippen molar-refractivity contribution in [1.82, 2.24) is 15.0 Å². The molecular weight excluding hydrogens is 257 g/mol. The van der Waals surface area contributed by atoms with Gasteiger partial charge in [0.25, 0.3) is 0 Å². The second-order valence-corrected chi connectivity index (χ2v) is 4.88. The predicted molar refractivity (Wildman–Crippen MR) is 66.7 cm³/mol. The summed E-state index contributed by atoms with van der Waals surface area (Å²) in [4.78, 5) is 4.15. The van der Waals surface area contributed by atoms with Gasteiger partial charge in [0.1, 0.15) is 5.41 Å². The summed E-state index contributed by atoms with van der Waals surface area (Å²) < 4.78 is 41.3. The molecule has 0 aromatic carbocycles. The lowest BCUT2D eigenvalue weighted by atomic mass is 9.82. The number of aryl methyl sites for hydroxylation is 1. The van der Waals surface area contributed by atoms with Gasteiger partial charge >= 0.3 is 6.18 Å². The highest BCUT2D eigenvalue weighted by Crippen LogP contribution is 2.50. The Hall–Kier alpha value is -1.79. The number of hydrogen-bond donors (Lipinski definition) is 1. The Kier molecular flexibility index (Phi) is 2.95. The average molecular weight is 272 g/mol. The zero-order chi connectivity index (χ0) is 14.4. The maximum absolute atomic E-state index is 13.3. The molecule has 1 N–H and O–H groups in total. The highest BCUT2D eigenvalue weighted by atomic mass is 19.4. The van der Waals surface area contributed by atoms with Gasteiger partial charge in [-0.1, -0.05) is 0 Å². The Balaban J connectivity index is 2.64. The smallest absolute Gasteiger partial charge is 0.387 e. The standard InChI is InChI=1S/C12H15F3N4/c1-7-5-19(16-4)10(18-7)9-8(2)17-6-11(9,3)12(13,14)15/h5,17H,4,6H2,1-3H3. The molecule has 2 heterocycles. The van der Waals surface area contributed by atoms with E-state index in [1.165, 1.54) is 11.6 Å². The molecular formula is C12H15F3N4. The third kappa shape index (κ3) is 1.93. The number of hydrogen-bond acceptors (Lipinski definition) is 3. The lowest BCUT2D eigenvalue weighted by Gasteiger charge is -2.29. The van der Waals surface area contributed by atoms with Crippen LogP contribution in [-0.2, 0) is 0 Å². The van der Waals surface area contributed by atoms with Crippen molar-refractivity contribution in [1.29, 1.82) is 0 Å². The molecule has 1 aliphatic rings. The van der Waals surface area contributed by atoms with Crippen molar-refractivity contribution in [2.75, 3.05) is 6.54 Å². The molecule has 0 spiro atoms. The van der Waals surface area contributed by atoms with Crippen molar-refractivity contribution < 1.29 is 13.2 Å². The minimum atomic E-state index is -4.36. The summed E-state index contributed by atoms with van der Waals surface area (Å²) in [5.41, 5.74) is -0.785. The molecule has 7 heteroatoms. The molecule has 1 aliphatic heterocycles. The van der Waals surface area contributed by atoms with Gasteiger partial charge in [0.2, 0.25) is 0 Å². The van der Waals surface area contributed by atoms with Gasteiger partial charge in [-0.05, 0) is 20.8 Å². The zero-order valence-electron chi connectivity index (χ0n) is 11.0. The van der Waals surface area contributed by atoms with Gasteiger partial charge < -0.3 is 5.32 Å². The second-order valence-electron chi connectivity index (χ2n) is 4.88. The fourth-order valence-electron chi connectivity index (χ4n) is 2.32. The van der Waals surface area contributed by atoms with E-state index in [1.807, 2.05) is 0 Å². The van der Waals surface area contributed by atoms with Crippen LogP contribution in [0.3, 0.4) is 0 Å². The van der Waals surface area contributed by atoms with Gasteiger partial charge in [0.05, 0.1) is 11.9 Å². The number of imidazole rings is 1. The molecule has 0 bridgehead atoms. The van der Waals surface area contributed by atoms with Gasteiger partial charge in [0, 0.05) is 24.5 Å². The Morgan fingerprint density at radius 2 is 2.11 bits per heavy atom. The molecule has 1 aromatic rings. The monoisotopic (exact) mass is 272 g/mol. The zero-order valence-corrected chi connectivity index (χ0v) is 11.0.